The maximum absolute atomic E-state index is 9.88. The Labute approximate surface area is 113 Å². The Morgan fingerprint density at radius 2 is 2.05 bits per heavy atom. The molecule has 1 heterocycles. The molecule has 0 radical (unpaired) electrons. The molecule has 4 nitrogen and oxygen atoms in total. The van der Waals surface area contributed by atoms with E-state index >= 15 is 0 Å². The fourth-order valence-corrected chi connectivity index (χ4v) is 1.99. The molecular formula is C15H19N3O. The molecule has 1 unspecified atom stereocenters. The molecule has 0 fully saturated rings. The van der Waals surface area contributed by atoms with Crippen LogP contribution in [0.5, 0.6) is 5.75 Å². The first-order valence-electron chi connectivity index (χ1n) is 6.37. The van der Waals surface area contributed by atoms with Crippen molar-refractivity contribution in [1.29, 1.82) is 0 Å². The highest BCUT2D eigenvalue weighted by atomic mass is 16.3. The molecule has 2 rings (SSSR count). The lowest BCUT2D eigenvalue weighted by molar-refractivity contribution is 0.451. The minimum atomic E-state index is 0.0650. The van der Waals surface area contributed by atoms with E-state index in [1.54, 1.807) is 12.3 Å². The van der Waals surface area contributed by atoms with Crippen molar-refractivity contribution in [3.63, 3.8) is 0 Å². The van der Waals surface area contributed by atoms with Crippen molar-refractivity contribution >= 4 is 0 Å². The maximum atomic E-state index is 9.88. The second-order valence-electron chi connectivity index (χ2n) is 4.76. The number of nitrogens with one attached hydrogen (secondary N) is 1. The van der Waals surface area contributed by atoms with Gasteiger partial charge in [-0.1, -0.05) is 17.7 Å². The summed E-state index contributed by atoms with van der Waals surface area (Å²) in [5, 5.41) is 13.2. The van der Waals surface area contributed by atoms with Gasteiger partial charge in [-0.3, -0.25) is 0 Å². The van der Waals surface area contributed by atoms with Crippen LogP contribution in [0.3, 0.4) is 0 Å². The smallest absolute Gasteiger partial charge is 0.125 e. The highest BCUT2D eigenvalue weighted by Gasteiger charge is 2.10. The van der Waals surface area contributed by atoms with E-state index in [2.05, 4.69) is 15.3 Å². The average molecular weight is 257 g/mol. The number of aromatic hydroxyl groups is 1. The summed E-state index contributed by atoms with van der Waals surface area (Å²) in [4.78, 5) is 8.41. The summed E-state index contributed by atoms with van der Waals surface area (Å²) < 4.78 is 0. The number of benzene rings is 1. The van der Waals surface area contributed by atoms with Crippen molar-refractivity contribution in [2.75, 3.05) is 0 Å². The zero-order chi connectivity index (χ0) is 13.8. The number of hydrogen-bond acceptors (Lipinski definition) is 4. The summed E-state index contributed by atoms with van der Waals surface area (Å²) in [6.45, 7) is 6.57. The normalized spacial score (nSPS) is 12.4. The number of aromatic nitrogens is 2. The van der Waals surface area contributed by atoms with Crippen LogP contribution in [0.1, 0.15) is 35.6 Å². The predicted octanol–water partition coefficient (Wildman–Crippen LogP) is 2.65. The maximum Gasteiger partial charge on any atom is 0.125 e. The summed E-state index contributed by atoms with van der Waals surface area (Å²) in [6.07, 6.45) is 1.76. The lowest BCUT2D eigenvalue weighted by atomic mass is 10.0. The van der Waals surface area contributed by atoms with Crippen LogP contribution >= 0.6 is 0 Å². The SMILES string of the molecule is Cc1ccc(O)c(C(C)NCc2ccnc(C)n2)c1. The molecule has 0 saturated carbocycles. The second kappa shape index (κ2) is 5.80. The third-order valence-electron chi connectivity index (χ3n) is 3.07. The molecule has 0 saturated heterocycles. The van der Waals surface area contributed by atoms with Gasteiger partial charge in [-0.25, -0.2) is 9.97 Å². The van der Waals surface area contributed by atoms with Crippen molar-refractivity contribution in [3.8, 4) is 5.75 Å². The molecule has 0 aliphatic rings. The molecule has 0 aliphatic carbocycles. The van der Waals surface area contributed by atoms with Crippen LogP contribution in [0.15, 0.2) is 30.5 Å². The number of nitrogens with zero attached hydrogens (tertiary/aromatic N) is 2. The molecular weight excluding hydrogens is 238 g/mol. The largest absolute Gasteiger partial charge is 0.508 e. The Balaban J connectivity index is 2.05. The average Bonchev–Trinajstić information content (AvgIpc) is 2.39. The van der Waals surface area contributed by atoms with E-state index in [1.807, 2.05) is 39.0 Å². The molecule has 2 aromatic rings. The topological polar surface area (TPSA) is 58.0 Å². The Morgan fingerprint density at radius 1 is 1.26 bits per heavy atom. The first-order valence-corrected chi connectivity index (χ1v) is 6.37. The van der Waals surface area contributed by atoms with Gasteiger partial charge in [0.1, 0.15) is 11.6 Å². The van der Waals surface area contributed by atoms with E-state index in [0.29, 0.717) is 12.3 Å². The fourth-order valence-electron chi connectivity index (χ4n) is 1.99. The minimum absolute atomic E-state index is 0.0650. The van der Waals surface area contributed by atoms with Crippen molar-refractivity contribution in [2.45, 2.75) is 33.4 Å². The van der Waals surface area contributed by atoms with Crippen LogP contribution in [0.25, 0.3) is 0 Å². The Kier molecular flexibility index (Phi) is 4.12. The molecule has 0 spiro atoms. The molecule has 2 N–H and O–H groups in total. The van der Waals surface area contributed by atoms with Crippen LogP contribution in [-0.2, 0) is 6.54 Å². The van der Waals surface area contributed by atoms with Crippen molar-refractivity contribution in [3.05, 3.63) is 53.1 Å². The Hall–Kier alpha value is -1.94. The lowest BCUT2D eigenvalue weighted by Gasteiger charge is -2.16. The minimum Gasteiger partial charge on any atom is -0.508 e. The summed E-state index contributed by atoms with van der Waals surface area (Å²) in [5.74, 6) is 1.09. The highest BCUT2D eigenvalue weighted by molar-refractivity contribution is 5.37. The van der Waals surface area contributed by atoms with Crippen molar-refractivity contribution < 1.29 is 5.11 Å². The zero-order valence-corrected chi connectivity index (χ0v) is 11.5. The van der Waals surface area contributed by atoms with Gasteiger partial charge in [0.05, 0.1) is 5.69 Å². The van der Waals surface area contributed by atoms with E-state index in [4.69, 9.17) is 0 Å². The van der Waals surface area contributed by atoms with Crippen LogP contribution in [0.2, 0.25) is 0 Å². The number of phenols is 1. The standard InChI is InChI=1S/C15H19N3O/c1-10-4-5-15(19)14(8-10)11(2)17-9-13-6-7-16-12(3)18-13/h4-8,11,17,19H,9H2,1-3H3. The molecule has 19 heavy (non-hydrogen) atoms. The summed E-state index contributed by atoms with van der Waals surface area (Å²) in [6, 6.07) is 7.59. The van der Waals surface area contributed by atoms with Crippen LogP contribution in [-0.4, -0.2) is 15.1 Å². The van der Waals surface area contributed by atoms with E-state index in [-0.39, 0.29) is 6.04 Å². The molecule has 1 aromatic carbocycles. The number of phenolic OH excluding ortho intramolecular Hbond substituents is 1. The van der Waals surface area contributed by atoms with Gasteiger partial charge < -0.3 is 10.4 Å². The molecule has 0 amide bonds. The first kappa shape index (κ1) is 13.5. The number of rotatable bonds is 4. The number of aryl methyl sites for hydroxylation is 2. The van der Waals surface area contributed by atoms with Gasteiger partial charge in [-0.05, 0) is 32.9 Å². The van der Waals surface area contributed by atoms with Gasteiger partial charge in [0, 0.05) is 24.3 Å². The van der Waals surface area contributed by atoms with Crippen molar-refractivity contribution in [1.82, 2.24) is 15.3 Å². The Bertz CT molecular complexity index is 569. The molecule has 1 aromatic heterocycles. The molecule has 0 bridgehead atoms. The third-order valence-corrected chi connectivity index (χ3v) is 3.07. The van der Waals surface area contributed by atoms with E-state index < -0.39 is 0 Å². The van der Waals surface area contributed by atoms with Gasteiger partial charge in [-0.2, -0.15) is 0 Å². The lowest BCUT2D eigenvalue weighted by Crippen LogP contribution is -2.19. The summed E-state index contributed by atoms with van der Waals surface area (Å²) in [7, 11) is 0. The first-order chi connectivity index (χ1) is 9.06. The van der Waals surface area contributed by atoms with Crippen LogP contribution < -0.4 is 5.32 Å². The van der Waals surface area contributed by atoms with Gasteiger partial charge in [0.15, 0.2) is 0 Å². The summed E-state index contributed by atoms with van der Waals surface area (Å²) >= 11 is 0. The van der Waals surface area contributed by atoms with E-state index in [9.17, 15) is 5.11 Å². The molecule has 100 valence electrons. The van der Waals surface area contributed by atoms with Gasteiger partial charge in [0.2, 0.25) is 0 Å². The second-order valence-corrected chi connectivity index (χ2v) is 4.76. The quantitative estimate of drug-likeness (QED) is 0.884. The van der Waals surface area contributed by atoms with Crippen LogP contribution in [0.4, 0.5) is 0 Å². The molecule has 0 aliphatic heterocycles. The van der Waals surface area contributed by atoms with Gasteiger partial charge in [-0.15, -0.1) is 0 Å². The fraction of sp³-hybridized carbons (Fsp3) is 0.333. The molecule has 4 heteroatoms. The van der Waals surface area contributed by atoms with Crippen molar-refractivity contribution in [2.24, 2.45) is 0 Å². The highest BCUT2D eigenvalue weighted by Crippen LogP contribution is 2.25. The predicted molar refractivity (Wildman–Crippen MR) is 74.9 cm³/mol. The zero-order valence-electron chi connectivity index (χ0n) is 11.5. The van der Waals surface area contributed by atoms with Gasteiger partial charge >= 0.3 is 0 Å². The van der Waals surface area contributed by atoms with Crippen LogP contribution in [0, 0.1) is 13.8 Å². The third kappa shape index (κ3) is 3.51. The summed E-state index contributed by atoms with van der Waals surface area (Å²) in [5.41, 5.74) is 3.00. The molecule has 1 atom stereocenters. The monoisotopic (exact) mass is 257 g/mol. The Morgan fingerprint density at radius 3 is 2.79 bits per heavy atom. The van der Waals surface area contributed by atoms with E-state index in [0.717, 1.165) is 22.6 Å². The van der Waals surface area contributed by atoms with Gasteiger partial charge in [0.25, 0.3) is 0 Å². The number of hydrogen-bond donors (Lipinski definition) is 2. The van der Waals surface area contributed by atoms with E-state index in [1.165, 1.54) is 0 Å².